The van der Waals surface area contributed by atoms with Crippen molar-refractivity contribution >= 4 is 15.8 Å². The Morgan fingerprint density at radius 3 is 2.76 bits per heavy atom. The van der Waals surface area contributed by atoms with Crippen molar-refractivity contribution in [2.24, 2.45) is 17.8 Å². The average molecular weight is 309 g/mol. The van der Waals surface area contributed by atoms with Gasteiger partial charge in [0, 0.05) is 25.4 Å². The molecule has 2 N–H and O–H groups in total. The van der Waals surface area contributed by atoms with Gasteiger partial charge in [0.2, 0.25) is 10.0 Å². The second kappa shape index (κ2) is 5.57. The second-order valence-electron chi connectivity index (χ2n) is 6.38. The standard InChI is InChI=1S/C15H23N3O2S/c1-10(14-8-11-3-4-12(14)7-11)18-21(19,20)13-5-6-17-15(9-13)16-2/h5-6,9-12,14,18H,3-4,7-8H2,1-2H3,(H,16,17). The summed E-state index contributed by atoms with van der Waals surface area (Å²) in [6.07, 6.45) is 6.57. The lowest BCUT2D eigenvalue weighted by molar-refractivity contribution is 0.280. The molecule has 3 rings (SSSR count). The first-order valence-corrected chi connectivity index (χ1v) is 9.14. The van der Waals surface area contributed by atoms with Crippen LogP contribution in [0.5, 0.6) is 0 Å². The molecule has 0 aromatic carbocycles. The lowest BCUT2D eigenvalue weighted by Gasteiger charge is -2.28. The van der Waals surface area contributed by atoms with Crippen molar-refractivity contribution in [1.82, 2.24) is 9.71 Å². The summed E-state index contributed by atoms with van der Waals surface area (Å²) in [5, 5.41) is 2.87. The van der Waals surface area contributed by atoms with Gasteiger partial charge in [-0.3, -0.25) is 0 Å². The van der Waals surface area contributed by atoms with E-state index < -0.39 is 10.0 Å². The van der Waals surface area contributed by atoms with Crippen molar-refractivity contribution in [2.75, 3.05) is 12.4 Å². The van der Waals surface area contributed by atoms with Gasteiger partial charge in [-0.1, -0.05) is 6.42 Å². The highest BCUT2D eigenvalue weighted by molar-refractivity contribution is 7.89. The van der Waals surface area contributed by atoms with Crippen LogP contribution in [0.1, 0.15) is 32.6 Å². The van der Waals surface area contributed by atoms with Crippen molar-refractivity contribution < 1.29 is 8.42 Å². The van der Waals surface area contributed by atoms with Gasteiger partial charge < -0.3 is 5.32 Å². The molecule has 4 unspecified atom stereocenters. The quantitative estimate of drug-likeness (QED) is 0.875. The largest absolute Gasteiger partial charge is 0.373 e. The van der Waals surface area contributed by atoms with Crippen molar-refractivity contribution in [3.63, 3.8) is 0 Å². The van der Waals surface area contributed by atoms with Gasteiger partial charge in [-0.15, -0.1) is 0 Å². The number of nitrogens with one attached hydrogen (secondary N) is 2. The molecule has 1 aromatic heterocycles. The molecule has 0 amide bonds. The van der Waals surface area contributed by atoms with Crippen LogP contribution in [0.4, 0.5) is 5.82 Å². The van der Waals surface area contributed by atoms with Crippen molar-refractivity contribution in [3.05, 3.63) is 18.3 Å². The maximum Gasteiger partial charge on any atom is 0.241 e. The third kappa shape index (κ3) is 2.92. The monoisotopic (exact) mass is 309 g/mol. The fourth-order valence-electron chi connectivity index (χ4n) is 4.02. The molecule has 2 aliphatic carbocycles. The summed E-state index contributed by atoms with van der Waals surface area (Å²) in [4.78, 5) is 4.33. The summed E-state index contributed by atoms with van der Waals surface area (Å²) in [6.45, 7) is 2.00. The van der Waals surface area contributed by atoms with Gasteiger partial charge >= 0.3 is 0 Å². The van der Waals surface area contributed by atoms with E-state index in [-0.39, 0.29) is 10.9 Å². The van der Waals surface area contributed by atoms with Crippen molar-refractivity contribution in [2.45, 2.75) is 43.5 Å². The number of nitrogens with zero attached hydrogens (tertiary/aromatic N) is 1. The maximum absolute atomic E-state index is 12.5. The van der Waals surface area contributed by atoms with Crippen LogP contribution in [-0.2, 0) is 10.0 Å². The molecule has 2 aliphatic rings. The van der Waals surface area contributed by atoms with E-state index in [9.17, 15) is 8.42 Å². The van der Waals surface area contributed by atoms with E-state index in [0.717, 1.165) is 5.92 Å². The summed E-state index contributed by atoms with van der Waals surface area (Å²) in [5.74, 6) is 2.58. The number of sulfonamides is 1. The SMILES string of the molecule is CNc1cc(S(=O)(=O)NC(C)C2CC3CCC2C3)ccn1. The minimum Gasteiger partial charge on any atom is -0.373 e. The number of hydrogen-bond donors (Lipinski definition) is 2. The van der Waals surface area contributed by atoms with Crippen LogP contribution in [0.3, 0.4) is 0 Å². The van der Waals surface area contributed by atoms with Gasteiger partial charge in [-0.05, 0) is 50.0 Å². The highest BCUT2D eigenvalue weighted by Crippen LogP contribution is 2.49. The molecule has 2 fully saturated rings. The zero-order valence-electron chi connectivity index (χ0n) is 12.5. The lowest BCUT2D eigenvalue weighted by Crippen LogP contribution is -2.40. The lowest BCUT2D eigenvalue weighted by atomic mass is 9.84. The topological polar surface area (TPSA) is 71.1 Å². The van der Waals surface area contributed by atoms with E-state index >= 15 is 0 Å². The maximum atomic E-state index is 12.5. The normalized spacial score (nSPS) is 29.5. The Hall–Kier alpha value is -1.14. The van der Waals surface area contributed by atoms with Gasteiger partial charge in [0.1, 0.15) is 5.82 Å². The molecule has 0 radical (unpaired) electrons. The van der Waals surface area contributed by atoms with E-state index in [4.69, 9.17) is 0 Å². The predicted molar refractivity (Wildman–Crippen MR) is 82.5 cm³/mol. The first kappa shape index (κ1) is 14.8. The molecule has 0 spiro atoms. The Balaban J connectivity index is 1.73. The van der Waals surface area contributed by atoms with E-state index in [2.05, 4.69) is 15.0 Å². The molecule has 1 aromatic rings. The Morgan fingerprint density at radius 2 is 2.14 bits per heavy atom. The van der Waals surface area contributed by atoms with E-state index in [1.165, 1.54) is 37.9 Å². The van der Waals surface area contributed by atoms with Crippen LogP contribution < -0.4 is 10.0 Å². The molecule has 116 valence electrons. The number of pyridine rings is 1. The third-order valence-corrected chi connectivity index (χ3v) is 6.63. The zero-order valence-corrected chi connectivity index (χ0v) is 13.4. The molecule has 0 saturated heterocycles. The minimum absolute atomic E-state index is 0.00324. The van der Waals surface area contributed by atoms with Gasteiger partial charge in [-0.25, -0.2) is 18.1 Å². The molecule has 5 nitrogen and oxygen atoms in total. The van der Waals surface area contributed by atoms with Crippen LogP contribution in [0.15, 0.2) is 23.2 Å². The first-order valence-electron chi connectivity index (χ1n) is 7.65. The highest BCUT2D eigenvalue weighted by atomic mass is 32.2. The van der Waals surface area contributed by atoms with Crippen molar-refractivity contribution in [3.8, 4) is 0 Å². The number of fused-ring (bicyclic) bond motifs is 2. The Labute approximate surface area is 126 Å². The van der Waals surface area contributed by atoms with Gasteiger partial charge in [-0.2, -0.15) is 0 Å². The van der Waals surface area contributed by atoms with E-state index in [1.54, 1.807) is 13.1 Å². The molecule has 21 heavy (non-hydrogen) atoms. The summed E-state index contributed by atoms with van der Waals surface area (Å²) in [6, 6.07) is 3.10. The first-order chi connectivity index (χ1) is 9.99. The second-order valence-corrected chi connectivity index (χ2v) is 8.09. The third-order valence-electron chi connectivity index (χ3n) is 5.07. The summed E-state index contributed by atoms with van der Waals surface area (Å²) >= 11 is 0. The summed E-state index contributed by atoms with van der Waals surface area (Å²) in [5.41, 5.74) is 0. The molecule has 2 saturated carbocycles. The molecular weight excluding hydrogens is 286 g/mol. The molecular formula is C15H23N3O2S. The van der Waals surface area contributed by atoms with Gasteiger partial charge in [0.25, 0.3) is 0 Å². The molecule has 0 aliphatic heterocycles. The zero-order chi connectivity index (χ0) is 15.0. The van der Waals surface area contributed by atoms with E-state index in [0.29, 0.717) is 17.7 Å². The van der Waals surface area contributed by atoms with Gasteiger partial charge in [0.05, 0.1) is 4.90 Å². The minimum atomic E-state index is -3.48. The van der Waals surface area contributed by atoms with Crippen LogP contribution >= 0.6 is 0 Å². The van der Waals surface area contributed by atoms with Gasteiger partial charge in [0.15, 0.2) is 0 Å². The molecule has 6 heteroatoms. The fourth-order valence-corrected chi connectivity index (χ4v) is 5.33. The molecule has 4 atom stereocenters. The average Bonchev–Trinajstić information content (AvgIpc) is 3.09. The Morgan fingerprint density at radius 1 is 1.33 bits per heavy atom. The Bertz CT molecular complexity index is 617. The summed E-state index contributed by atoms with van der Waals surface area (Å²) in [7, 11) is -1.75. The molecule has 2 bridgehead atoms. The summed E-state index contributed by atoms with van der Waals surface area (Å²) < 4.78 is 27.9. The van der Waals surface area contributed by atoms with Crippen molar-refractivity contribution in [1.29, 1.82) is 0 Å². The smallest absolute Gasteiger partial charge is 0.241 e. The Kier molecular flexibility index (Phi) is 3.92. The fraction of sp³-hybridized carbons (Fsp3) is 0.667. The van der Waals surface area contributed by atoms with Crippen LogP contribution in [0.25, 0.3) is 0 Å². The van der Waals surface area contributed by atoms with Crippen LogP contribution in [-0.4, -0.2) is 26.5 Å². The number of aromatic nitrogens is 1. The number of hydrogen-bond acceptors (Lipinski definition) is 4. The van der Waals surface area contributed by atoms with Crippen LogP contribution in [0, 0.1) is 17.8 Å². The highest BCUT2D eigenvalue weighted by Gasteiger charge is 2.42. The molecule has 1 heterocycles. The number of rotatable bonds is 5. The van der Waals surface area contributed by atoms with E-state index in [1.807, 2.05) is 6.92 Å². The number of anilines is 1. The predicted octanol–water partition coefficient (Wildman–Crippen LogP) is 2.23. The van der Waals surface area contributed by atoms with Crippen LogP contribution in [0.2, 0.25) is 0 Å².